The average molecular weight is 324 g/mol. The third kappa shape index (κ3) is 4.22. The van der Waals surface area contributed by atoms with Gasteiger partial charge in [-0.2, -0.15) is 0 Å². The Bertz CT molecular complexity index is 603. The molecule has 4 heteroatoms. The molecule has 1 unspecified atom stereocenters. The molecule has 0 aliphatic carbocycles. The van der Waals surface area contributed by atoms with Crippen molar-refractivity contribution in [3.05, 3.63) is 58.9 Å². The van der Waals surface area contributed by atoms with Crippen LogP contribution in [0.2, 0.25) is 5.02 Å². The summed E-state index contributed by atoms with van der Waals surface area (Å²) in [6.45, 7) is 4.96. The summed E-state index contributed by atoms with van der Waals surface area (Å²) in [5.74, 6) is -0.178. The Kier molecular flexibility index (Phi) is 6.09. The Balaban J connectivity index is 2.31. The normalized spacial score (nSPS) is 12.4. The second-order valence-electron chi connectivity index (χ2n) is 4.86. The van der Waals surface area contributed by atoms with Gasteiger partial charge >= 0.3 is 0 Å². The van der Waals surface area contributed by atoms with Crippen molar-refractivity contribution in [2.75, 3.05) is 6.54 Å². The summed E-state index contributed by atoms with van der Waals surface area (Å²) in [7, 11) is 0. The molecular weight excluding hydrogens is 305 g/mol. The fraction of sp³-hybridized carbons (Fsp3) is 0.294. The Morgan fingerprint density at radius 3 is 2.57 bits per heavy atom. The van der Waals surface area contributed by atoms with Crippen molar-refractivity contribution in [1.29, 1.82) is 0 Å². The Hall–Kier alpha value is -1.03. The molecule has 0 aliphatic rings. The summed E-state index contributed by atoms with van der Waals surface area (Å²) < 4.78 is 14.2. The molecule has 2 aromatic rings. The van der Waals surface area contributed by atoms with E-state index < -0.39 is 0 Å². The SMILES string of the molecule is CCCNC(C)c1c(F)cccc1Sc1ccccc1Cl. The molecule has 0 radical (unpaired) electrons. The van der Waals surface area contributed by atoms with Crippen LogP contribution in [0.25, 0.3) is 0 Å². The van der Waals surface area contributed by atoms with Crippen LogP contribution in [0.3, 0.4) is 0 Å². The van der Waals surface area contributed by atoms with Crippen LogP contribution in [0.4, 0.5) is 4.39 Å². The highest BCUT2D eigenvalue weighted by atomic mass is 35.5. The van der Waals surface area contributed by atoms with E-state index in [2.05, 4.69) is 12.2 Å². The maximum absolute atomic E-state index is 14.2. The van der Waals surface area contributed by atoms with Gasteiger partial charge in [0.15, 0.2) is 0 Å². The van der Waals surface area contributed by atoms with E-state index in [0.717, 1.165) is 22.8 Å². The Morgan fingerprint density at radius 1 is 1.14 bits per heavy atom. The second kappa shape index (κ2) is 7.83. The van der Waals surface area contributed by atoms with Crippen molar-refractivity contribution in [2.24, 2.45) is 0 Å². The van der Waals surface area contributed by atoms with Gasteiger partial charge in [-0.3, -0.25) is 0 Å². The van der Waals surface area contributed by atoms with Gasteiger partial charge in [0, 0.05) is 21.4 Å². The van der Waals surface area contributed by atoms with Gasteiger partial charge in [0.25, 0.3) is 0 Å². The number of nitrogens with one attached hydrogen (secondary N) is 1. The molecule has 0 fully saturated rings. The van der Waals surface area contributed by atoms with Crippen molar-refractivity contribution in [1.82, 2.24) is 5.32 Å². The van der Waals surface area contributed by atoms with Crippen LogP contribution in [0.5, 0.6) is 0 Å². The quantitative estimate of drug-likeness (QED) is 0.732. The molecule has 1 N–H and O–H groups in total. The Labute approximate surface area is 134 Å². The lowest BCUT2D eigenvalue weighted by Gasteiger charge is -2.18. The highest BCUT2D eigenvalue weighted by Gasteiger charge is 2.16. The minimum Gasteiger partial charge on any atom is -0.310 e. The van der Waals surface area contributed by atoms with E-state index in [0.29, 0.717) is 10.6 Å². The second-order valence-corrected chi connectivity index (χ2v) is 6.35. The summed E-state index contributed by atoms with van der Waals surface area (Å²) >= 11 is 7.70. The van der Waals surface area contributed by atoms with Gasteiger partial charge in [0.05, 0.1) is 5.02 Å². The third-order valence-electron chi connectivity index (χ3n) is 3.20. The van der Waals surface area contributed by atoms with Gasteiger partial charge in [-0.05, 0) is 44.2 Å². The number of benzene rings is 2. The molecule has 0 bridgehead atoms. The monoisotopic (exact) mass is 323 g/mol. The highest BCUT2D eigenvalue weighted by molar-refractivity contribution is 7.99. The van der Waals surface area contributed by atoms with Gasteiger partial charge in [-0.1, -0.05) is 48.5 Å². The van der Waals surface area contributed by atoms with Crippen LogP contribution in [0.1, 0.15) is 31.9 Å². The molecule has 21 heavy (non-hydrogen) atoms. The van der Waals surface area contributed by atoms with Gasteiger partial charge in [0.1, 0.15) is 5.82 Å². The van der Waals surface area contributed by atoms with Crippen LogP contribution in [-0.2, 0) is 0 Å². The van der Waals surface area contributed by atoms with Gasteiger partial charge in [0.2, 0.25) is 0 Å². The van der Waals surface area contributed by atoms with Crippen LogP contribution < -0.4 is 5.32 Å². The van der Waals surface area contributed by atoms with E-state index in [1.54, 1.807) is 6.07 Å². The summed E-state index contributed by atoms with van der Waals surface area (Å²) in [6, 6.07) is 12.8. The summed E-state index contributed by atoms with van der Waals surface area (Å²) in [5, 5.41) is 4.03. The van der Waals surface area contributed by atoms with E-state index in [9.17, 15) is 4.39 Å². The minimum atomic E-state index is -0.178. The summed E-state index contributed by atoms with van der Waals surface area (Å²) in [6.07, 6.45) is 1.02. The number of rotatable bonds is 6. The van der Waals surface area contributed by atoms with Gasteiger partial charge in [-0.25, -0.2) is 4.39 Å². The first-order valence-electron chi connectivity index (χ1n) is 7.07. The molecule has 0 saturated carbocycles. The van der Waals surface area contributed by atoms with E-state index >= 15 is 0 Å². The van der Waals surface area contributed by atoms with Crippen LogP contribution in [-0.4, -0.2) is 6.54 Å². The summed E-state index contributed by atoms with van der Waals surface area (Å²) in [4.78, 5) is 1.84. The summed E-state index contributed by atoms with van der Waals surface area (Å²) in [5.41, 5.74) is 0.705. The van der Waals surface area contributed by atoms with Crippen LogP contribution in [0, 0.1) is 5.82 Å². The van der Waals surface area contributed by atoms with E-state index in [1.807, 2.05) is 37.3 Å². The number of hydrogen-bond acceptors (Lipinski definition) is 2. The molecule has 0 heterocycles. The van der Waals surface area contributed by atoms with E-state index in [4.69, 9.17) is 11.6 Å². The molecule has 2 rings (SSSR count). The molecule has 2 aromatic carbocycles. The first-order chi connectivity index (χ1) is 10.1. The van der Waals surface area contributed by atoms with Crippen molar-refractivity contribution < 1.29 is 4.39 Å². The average Bonchev–Trinajstić information content (AvgIpc) is 2.47. The van der Waals surface area contributed by atoms with Gasteiger partial charge < -0.3 is 5.32 Å². The van der Waals surface area contributed by atoms with Crippen molar-refractivity contribution >= 4 is 23.4 Å². The minimum absolute atomic E-state index is 0.0314. The molecule has 0 saturated heterocycles. The topological polar surface area (TPSA) is 12.0 Å². The first-order valence-corrected chi connectivity index (χ1v) is 8.27. The number of hydrogen-bond donors (Lipinski definition) is 1. The highest BCUT2D eigenvalue weighted by Crippen LogP contribution is 2.37. The molecule has 1 nitrogen and oxygen atoms in total. The fourth-order valence-electron chi connectivity index (χ4n) is 2.14. The zero-order valence-corrected chi connectivity index (χ0v) is 13.8. The standard InChI is InChI=1S/C17H19ClFNS/c1-3-11-20-12(2)17-14(19)8-6-10-16(17)21-15-9-5-4-7-13(15)18/h4-10,12,20H,3,11H2,1-2H3. The maximum atomic E-state index is 14.2. The van der Waals surface area contributed by atoms with Crippen LogP contribution in [0.15, 0.2) is 52.3 Å². The Morgan fingerprint density at radius 2 is 1.86 bits per heavy atom. The lowest BCUT2D eigenvalue weighted by Crippen LogP contribution is -2.20. The molecule has 1 atom stereocenters. The van der Waals surface area contributed by atoms with E-state index in [1.165, 1.54) is 17.8 Å². The molecule has 0 spiro atoms. The van der Waals surface area contributed by atoms with Crippen molar-refractivity contribution in [3.8, 4) is 0 Å². The largest absolute Gasteiger partial charge is 0.310 e. The molecule has 0 aromatic heterocycles. The molecular formula is C17H19ClFNS. The smallest absolute Gasteiger partial charge is 0.129 e. The maximum Gasteiger partial charge on any atom is 0.129 e. The predicted molar refractivity (Wildman–Crippen MR) is 88.7 cm³/mol. The van der Waals surface area contributed by atoms with Crippen molar-refractivity contribution in [2.45, 2.75) is 36.1 Å². The van der Waals surface area contributed by atoms with Crippen LogP contribution >= 0.6 is 23.4 Å². The zero-order chi connectivity index (χ0) is 15.2. The molecule has 0 amide bonds. The van der Waals surface area contributed by atoms with E-state index in [-0.39, 0.29) is 11.9 Å². The van der Waals surface area contributed by atoms with Crippen molar-refractivity contribution in [3.63, 3.8) is 0 Å². The van der Waals surface area contributed by atoms with Gasteiger partial charge in [-0.15, -0.1) is 0 Å². The first kappa shape index (κ1) is 16.3. The lowest BCUT2D eigenvalue weighted by molar-refractivity contribution is 0.519. The lowest BCUT2D eigenvalue weighted by atomic mass is 10.1. The zero-order valence-electron chi connectivity index (χ0n) is 12.2. The molecule has 112 valence electrons. The molecule has 0 aliphatic heterocycles. The predicted octanol–water partition coefficient (Wildman–Crippen LogP) is 5.69. The fourth-order valence-corrected chi connectivity index (χ4v) is 3.47. The number of halogens is 2. The third-order valence-corrected chi connectivity index (χ3v) is 4.80.